The minimum absolute atomic E-state index is 0.114. The standard InChI is InChI=1S/C20H26N2O3/c1-2-16-5-6-17(25-16)13-22-10-11-23-19-8-7-18(22)20(19)24-14-15-4-3-9-21-12-15/h3-6,9,12,18-20H,2,7-8,10-11,13-14H2,1H3/t18-,19-,20+/m0/s1. The molecule has 1 aliphatic heterocycles. The summed E-state index contributed by atoms with van der Waals surface area (Å²) >= 11 is 0. The Hall–Kier alpha value is -1.69. The van der Waals surface area contributed by atoms with Crippen molar-refractivity contribution in [3.8, 4) is 0 Å². The molecule has 3 atom stereocenters. The number of fused-ring (bicyclic) bond motifs is 2. The van der Waals surface area contributed by atoms with E-state index in [1.807, 2.05) is 12.3 Å². The van der Waals surface area contributed by atoms with Crippen LogP contribution in [0.15, 0.2) is 41.1 Å². The number of pyridine rings is 1. The predicted octanol–water partition coefficient (Wildman–Crippen LogP) is 3.19. The van der Waals surface area contributed by atoms with Gasteiger partial charge in [0.1, 0.15) is 11.5 Å². The Morgan fingerprint density at radius 3 is 2.96 bits per heavy atom. The van der Waals surface area contributed by atoms with E-state index in [1.165, 1.54) is 0 Å². The van der Waals surface area contributed by atoms with E-state index in [-0.39, 0.29) is 12.2 Å². The van der Waals surface area contributed by atoms with Crippen molar-refractivity contribution in [2.75, 3.05) is 13.2 Å². The van der Waals surface area contributed by atoms with Crippen LogP contribution in [0.1, 0.15) is 36.8 Å². The van der Waals surface area contributed by atoms with Crippen molar-refractivity contribution in [1.29, 1.82) is 0 Å². The predicted molar refractivity (Wildman–Crippen MR) is 94.1 cm³/mol. The lowest BCUT2D eigenvalue weighted by Gasteiger charge is -2.30. The lowest BCUT2D eigenvalue weighted by atomic mass is 10.1. The Kier molecular flexibility index (Phi) is 5.15. The van der Waals surface area contributed by atoms with E-state index in [0.29, 0.717) is 12.6 Å². The molecule has 25 heavy (non-hydrogen) atoms. The molecule has 5 heteroatoms. The average Bonchev–Trinajstić information content (AvgIpc) is 3.21. The highest BCUT2D eigenvalue weighted by Crippen LogP contribution is 2.33. The smallest absolute Gasteiger partial charge is 0.118 e. The third-order valence-corrected chi connectivity index (χ3v) is 5.26. The van der Waals surface area contributed by atoms with Crippen LogP contribution in [0.25, 0.3) is 0 Å². The number of furan rings is 1. The normalized spacial score (nSPS) is 26.7. The molecule has 2 aromatic heterocycles. The third-order valence-electron chi connectivity index (χ3n) is 5.26. The van der Waals surface area contributed by atoms with Gasteiger partial charge in [0.05, 0.1) is 32.0 Å². The van der Waals surface area contributed by atoms with Crippen LogP contribution < -0.4 is 0 Å². The quantitative estimate of drug-likeness (QED) is 0.807. The molecule has 0 amide bonds. The van der Waals surface area contributed by atoms with E-state index < -0.39 is 0 Å². The van der Waals surface area contributed by atoms with Gasteiger partial charge in [0.25, 0.3) is 0 Å². The summed E-state index contributed by atoms with van der Waals surface area (Å²) in [5.41, 5.74) is 1.11. The molecule has 0 spiro atoms. The average molecular weight is 342 g/mol. The molecule has 2 fully saturated rings. The molecule has 1 saturated heterocycles. The highest BCUT2D eigenvalue weighted by atomic mass is 16.5. The molecule has 1 saturated carbocycles. The molecule has 0 aromatic carbocycles. The van der Waals surface area contributed by atoms with Crippen molar-refractivity contribution in [3.05, 3.63) is 53.7 Å². The number of aromatic nitrogens is 1. The number of aryl methyl sites for hydroxylation is 1. The monoisotopic (exact) mass is 342 g/mol. The van der Waals surface area contributed by atoms with E-state index in [9.17, 15) is 0 Å². The van der Waals surface area contributed by atoms with E-state index in [0.717, 1.165) is 56.0 Å². The molecular weight excluding hydrogens is 316 g/mol. The fourth-order valence-corrected chi connectivity index (χ4v) is 3.96. The second-order valence-corrected chi connectivity index (χ2v) is 6.88. The van der Waals surface area contributed by atoms with Crippen molar-refractivity contribution in [2.45, 2.75) is 57.6 Å². The fourth-order valence-electron chi connectivity index (χ4n) is 3.96. The number of hydrogen-bond donors (Lipinski definition) is 0. The van der Waals surface area contributed by atoms with Crippen LogP contribution in [0.4, 0.5) is 0 Å². The van der Waals surface area contributed by atoms with Crippen LogP contribution in [0.5, 0.6) is 0 Å². The summed E-state index contributed by atoms with van der Waals surface area (Å²) in [6.07, 6.45) is 7.09. The molecule has 2 bridgehead atoms. The maximum atomic E-state index is 6.29. The molecule has 2 aliphatic rings. The lowest BCUT2D eigenvalue weighted by molar-refractivity contribution is -0.0616. The fraction of sp³-hybridized carbons (Fsp3) is 0.550. The van der Waals surface area contributed by atoms with Gasteiger partial charge in [-0.3, -0.25) is 9.88 Å². The summed E-state index contributed by atoms with van der Waals surface area (Å²) in [7, 11) is 0. The summed E-state index contributed by atoms with van der Waals surface area (Å²) in [5.74, 6) is 2.09. The van der Waals surface area contributed by atoms with Gasteiger partial charge in [-0.15, -0.1) is 0 Å². The van der Waals surface area contributed by atoms with Gasteiger partial charge >= 0.3 is 0 Å². The first-order chi connectivity index (χ1) is 12.3. The first-order valence-corrected chi connectivity index (χ1v) is 9.27. The number of ether oxygens (including phenoxy) is 2. The summed E-state index contributed by atoms with van der Waals surface area (Å²) in [6.45, 7) is 5.22. The van der Waals surface area contributed by atoms with E-state index in [4.69, 9.17) is 13.9 Å². The molecule has 2 aromatic rings. The first kappa shape index (κ1) is 16.8. The highest BCUT2D eigenvalue weighted by molar-refractivity contribution is 5.09. The molecule has 0 radical (unpaired) electrons. The van der Waals surface area contributed by atoms with E-state index in [2.05, 4.69) is 35.0 Å². The van der Waals surface area contributed by atoms with Gasteiger partial charge in [0, 0.05) is 31.4 Å². The van der Waals surface area contributed by atoms with Crippen molar-refractivity contribution in [2.24, 2.45) is 0 Å². The third kappa shape index (κ3) is 3.78. The summed E-state index contributed by atoms with van der Waals surface area (Å²) in [6, 6.07) is 8.57. The van der Waals surface area contributed by atoms with Crippen LogP contribution in [-0.2, 0) is 29.0 Å². The zero-order valence-electron chi connectivity index (χ0n) is 14.8. The highest BCUT2D eigenvalue weighted by Gasteiger charge is 2.43. The molecule has 3 heterocycles. The summed E-state index contributed by atoms with van der Waals surface area (Å²) in [4.78, 5) is 6.64. The summed E-state index contributed by atoms with van der Waals surface area (Å²) < 4.78 is 18.3. The Balaban J connectivity index is 1.44. The van der Waals surface area contributed by atoms with Crippen molar-refractivity contribution in [1.82, 2.24) is 9.88 Å². The SMILES string of the molecule is CCc1ccc(CN2CCO[C@H]3CC[C@H]2[C@H]3OCc2cccnc2)o1. The Labute approximate surface area is 148 Å². The van der Waals surface area contributed by atoms with Crippen molar-refractivity contribution in [3.63, 3.8) is 0 Å². The molecule has 1 aliphatic carbocycles. The molecule has 4 rings (SSSR count). The van der Waals surface area contributed by atoms with Gasteiger partial charge in [-0.05, 0) is 36.6 Å². The van der Waals surface area contributed by atoms with E-state index >= 15 is 0 Å². The van der Waals surface area contributed by atoms with Crippen LogP contribution in [0.3, 0.4) is 0 Å². The van der Waals surface area contributed by atoms with Crippen molar-refractivity contribution < 1.29 is 13.9 Å². The maximum absolute atomic E-state index is 6.29. The molecule has 5 nitrogen and oxygen atoms in total. The first-order valence-electron chi connectivity index (χ1n) is 9.27. The second-order valence-electron chi connectivity index (χ2n) is 6.88. The Morgan fingerprint density at radius 1 is 1.24 bits per heavy atom. The molecule has 134 valence electrons. The van der Waals surface area contributed by atoms with Gasteiger partial charge in [0.2, 0.25) is 0 Å². The molecule has 0 N–H and O–H groups in total. The van der Waals surface area contributed by atoms with E-state index in [1.54, 1.807) is 6.20 Å². The van der Waals surface area contributed by atoms with Crippen LogP contribution in [0, 0.1) is 0 Å². The number of nitrogens with zero attached hydrogens (tertiary/aromatic N) is 2. The Bertz CT molecular complexity index is 673. The zero-order valence-corrected chi connectivity index (χ0v) is 14.8. The van der Waals surface area contributed by atoms with Crippen LogP contribution >= 0.6 is 0 Å². The number of rotatable bonds is 6. The molecular formula is C20H26N2O3. The van der Waals surface area contributed by atoms with Crippen molar-refractivity contribution >= 4 is 0 Å². The minimum Gasteiger partial charge on any atom is -0.465 e. The number of hydrogen-bond acceptors (Lipinski definition) is 5. The van der Waals surface area contributed by atoms with Gasteiger partial charge in [-0.25, -0.2) is 0 Å². The van der Waals surface area contributed by atoms with Gasteiger partial charge in [0.15, 0.2) is 0 Å². The minimum atomic E-state index is 0.114. The maximum Gasteiger partial charge on any atom is 0.118 e. The lowest BCUT2D eigenvalue weighted by Crippen LogP contribution is -2.42. The molecule has 0 unspecified atom stereocenters. The van der Waals surface area contributed by atoms with Crippen LogP contribution in [-0.4, -0.2) is 41.3 Å². The largest absolute Gasteiger partial charge is 0.465 e. The van der Waals surface area contributed by atoms with Gasteiger partial charge in [-0.1, -0.05) is 13.0 Å². The van der Waals surface area contributed by atoms with Gasteiger partial charge < -0.3 is 13.9 Å². The van der Waals surface area contributed by atoms with Crippen LogP contribution in [0.2, 0.25) is 0 Å². The second kappa shape index (κ2) is 7.68. The summed E-state index contributed by atoms with van der Waals surface area (Å²) in [5, 5.41) is 0. The Morgan fingerprint density at radius 2 is 2.16 bits per heavy atom. The topological polar surface area (TPSA) is 47.7 Å². The van der Waals surface area contributed by atoms with Gasteiger partial charge in [-0.2, -0.15) is 0 Å². The zero-order chi connectivity index (χ0) is 17.1.